The number of hydrogen-bond donors (Lipinski definition) is 0. The van der Waals surface area contributed by atoms with E-state index in [1.54, 1.807) is 6.07 Å². The summed E-state index contributed by atoms with van der Waals surface area (Å²) in [6.45, 7) is 7.06. The van der Waals surface area contributed by atoms with Gasteiger partial charge >= 0.3 is 0 Å². The fourth-order valence-corrected chi connectivity index (χ4v) is 2.47. The van der Waals surface area contributed by atoms with Crippen LogP contribution in [0.3, 0.4) is 0 Å². The van der Waals surface area contributed by atoms with Crippen molar-refractivity contribution in [2.24, 2.45) is 0 Å². The van der Waals surface area contributed by atoms with Gasteiger partial charge in [0.15, 0.2) is 5.69 Å². The normalized spacial score (nSPS) is 10.7. The van der Waals surface area contributed by atoms with Gasteiger partial charge in [-0.25, -0.2) is 4.85 Å². The minimum atomic E-state index is 0.649. The standard InChI is InChI=1S/C24H16N2/c1-26-24-4-2-3-22(17-24)14-11-20-8-5-19(6-9-20)7-10-21-12-15-23(18-25)16-13-21/h2-17H. The van der Waals surface area contributed by atoms with Gasteiger partial charge in [-0.15, -0.1) is 0 Å². The van der Waals surface area contributed by atoms with Crippen molar-refractivity contribution in [2.75, 3.05) is 0 Å². The highest BCUT2D eigenvalue weighted by atomic mass is 14.6. The molecule has 0 N–H and O–H groups in total. The quantitative estimate of drug-likeness (QED) is 0.398. The van der Waals surface area contributed by atoms with E-state index in [4.69, 9.17) is 11.8 Å². The number of nitriles is 1. The molecule has 122 valence electrons. The molecule has 3 aromatic carbocycles. The summed E-state index contributed by atoms with van der Waals surface area (Å²) in [5.41, 5.74) is 5.61. The molecule has 0 aliphatic heterocycles. The van der Waals surface area contributed by atoms with Gasteiger partial charge in [-0.1, -0.05) is 78.9 Å². The summed E-state index contributed by atoms with van der Waals surface area (Å²) < 4.78 is 0. The Balaban J connectivity index is 1.68. The van der Waals surface area contributed by atoms with Crippen LogP contribution in [0.25, 0.3) is 29.1 Å². The number of benzene rings is 3. The fourth-order valence-electron chi connectivity index (χ4n) is 2.47. The molecular weight excluding hydrogens is 316 g/mol. The number of nitrogens with zero attached hydrogens (tertiary/aromatic N) is 2. The monoisotopic (exact) mass is 332 g/mol. The van der Waals surface area contributed by atoms with E-state index in [0.29, 0.717) is 11.3 Å². The van der Waals surface area contributed by atoms with Gasteiger partial charge in [-0.3, -0.25) is 0 Å². The molecule has 2 heteroatoms. The van der Waals surface area contributed by atoms with Crippen molar-refractivity contribution in [3.63, 3.8) is 0 Å². The molecule has 0 spiro atoms. The van der Waals surface area contributed by atoms with E-state index in [-0.39, 0.29) is 0 Å². The lowest BCUT2D eigenvalue weighted by Crippen LogP contribution is -1.77. The molecule has 0 atom stereocenters. The number of rotatable bonds is 4. The molecular formula is C24H16N2. The fraction of sp³-hybridized carbons (Fsp3) is 0. The minimum Gasteiger partial charge on any atom is -0.238 e. The Morgan fingerprint density at radius 2 is 1.19 bits per heavy atom. The van der Waals surface area contributed by atoms with Crippen LogP contribution >= 0.6 is 0 Å². The largest absolute Gasteiger partial charge is 0.238 e. The van der Waals surface area contributed by atoms with Crippen LogP contribution in [0.1, 0.15) is 27.8 Å². The third-order valence-electron chi connectivity index (χ3n) is 3.91. The Bertz CT molecular complexity index is 1030. The summed E-state index contributed by atoms with van der Waals surface area (Å²) in [4.78, 5) is 3.45. The lowest BCUT2D eigenvalue weighted by molar-refractivity contribution is 1.48. The van der Waals surface area contributed by atoms with Crippen LogP contribution in [0.15, 0.2) is 72.8 Å². The van der Waals surface area contributed by atoms with Gasteiger partial charge < -0.3 is 0 Å². The number of hydrogen-bond acceptors (Lipinski definition) is 1. The van der Waals surface area contributed by atoms with Gasteiger partial charge in [0, 0.05) is 0 Å². The SMILES string of the molecule is [C-]#[N+]c1cccc(C=Cc2ccc(C=Cc3ccc(C#N)cc3)cc2)c1. The highest BCUT2D eigenvalue weighted by molar-refractivity contribution is 5.74. The summed E-state index contributed by atoms with van der Waals surface area (Å²) in [5, 5.41) is 8.82. The van der Waals surface area contributed by atoms with Gasteiger partial charge in [0.25, 0.3) is 0 Å². The lowest BCUT2D eigenvalue weighted by atomic mass is 10.1. The van der Waals surface area contributed by atoms with E-state index < -0.39 is 0 Å². The van der Waals surface area contributed by atoms with E-state index in [0.717, 1.165) is 22.3 Å². The molecule has 3 rings (SSSR count). The first-order valence-corrected chi connectivity index (χ1v) is 8.21. The second kappa shape index (κ2) is 8.29. The first-order valence-electron chi connectivity index (χ1n) is 8.21. The Labute approximate surface area is 153 Å². The van der Waals surface area contributed by atoms with E-state index in [1.165, 1.54) is 0 Å². The van der Waals surface area contributed by atoms with E-state index >= 15 is 0 Å². The Morgan fingerprint density at radius 3 is 1.69 bits per heavy atom. The summed E-state index contributed by atoms with van der Waals surface area (Å²) in [6, 6.07) is 25.4. The Kier molecular flexibility index (Phi) is 5.41. The van der Waals surface area contributed by atoms with Crippen molar-refractivity contribution < 1.29 is 0 Å². The van der Waals surface area contributed by atoms with Crippen molar-refractivity contribution in [1.82, 2.24) is 0 Å². The van der Waals surface area contributed by atoms with Gasteiger partial charge in [-0.05, 0) is 40.5 Å². The van der Waals surface area contributed by atoms with Crippen LogP contribution in [-0.4, -0.2) is 0 Å². The predicted molar refractivity (Wildman–Crippen MR) is 108 cm³/mol. The van der Waals surface area contributed by atoms with Gasteiger partial charge in [-0.2, -0.15) is 5.26 Å². The second-order valence-electron chi connectivity index (χ2n) is 5.77. The van der Waals surface area contributed by atoms with Crippen molar-refractivity contribution in [3.05, 3.63) is 112 Å². The molecule has 0 aliphatic rings. The van der Waals surface area contributed by atoms with Crippen molar-refractivity contribution in [2.45, 2.75) is 0 Å². The second-order valence-corrected chi connectivity index (χ2v) is 5.77. The van der Waals surface area contributed by atoms with Crippen molar-refractivity contribution in [1.29, 1.82) is 5.26 Å². The molecule has 0 fully saturated rings. The molecule has 0 radical (unpaired) electrons. The smallest absolute Gasteiger partial charge is 0.187 e. The maximum absolute atomic E-state index is 8.82. The zero-order chi connectivity index (χ0) is 18.2. The van der Waals surface area contributed by atoms with Crippen LogP contribution in [0.4, 0.5) is 5.69 Å². The van der Waals surface area contributed by atoms with Gasteiger partial charge in [0.1, 0.15) is 0 Å². The zero-order valence-electron chi connectivity index (χ0n) is 14.1. The third kappa shape index (κ3) is 4.57. The molecule has 0 heterocycles. The molecule has 0 aliphatic carbocycles. The molecule has 26 heavy (non-hydrogen) atoms. The van der Waals surface area contributed by atoms with E-state index in [9.17, 15) is 0 Å². The van der Waals surface area contributed by atoms with Crippen LogP contribution < -0.4 is 0 Å². The molecule has 3 aromatic rings. The summed E-state index contributed by atoms with van der Waals surface area (Å²) in [5.74, 6) is 0. The first-order chi connectivity index (χ1) is 12.8. The molecule has 0 saturated heterocycles. The lowest BCUT2D eigenvalue weighted by Gasteiger charge is -1.98. The minimum absolute atomic E-state index is 0.649. The van der Waals surface area contributed by atoms with Crippen LogP contribution in [0.2, 0.25) is 0 Å². The van der Waals surface area contributed by atoms with Crippen molar-refractivity contribution >= 4 is 30.0 Å². The Morgan fingerprint density at radius 1 is 0.692 bits per heavy atom. The maximum atomic E-state index is 8.82. The van der Waals surface area contributed by atoms with Crippen LogP contribution in [0, 0.1) is 17.9 Å². The summed E-state index contributed by atoms with van der Waals surface area (Å²) in [6.07, 6.45) is 8.13. The summed E-state index contributed by atoms with van der Waals surface area (Å²) in [7, 11) is 0. The van der Waals surface area contributed by atoms with Crippen LogP contribution in [0.5, 0.6) is 0 Å². The molecule has 0 saturated carbocycles. The van der Waals surface area contributed by atoms with Crippen molar-refractivity contribution in [3.8, 4) is 6.07 Å². The van der Waals surface area contributed by atoms with E-state index in [2.05, 4.69) is 35.2 Å². The van der Waals surface area contributed by atoms with E-state index in [1.807, 2.05) is 66.8 Å². The molecule has 0 amide bonds. The molecule has 0 bridgehead atoms. The van der Waals surface area contributed by atoms with Gasteiger partial charge in [0.05, 0.1) is 18.2 Å². The highest BCUT2D eigenvalue weighted by Crippen LogP contribution is 2.17. The zero-order valence-corrected chi connectivity index (χ0v) is 14.1. The summed E-state index contributed by atoms with van der Waals surface area (Å²) >= 11 is 0. The topological polar surface area (TPSA) is 28.1 Å². The molecule has 0 aromatic heterocycles. The molecule has 2 nitrogen and oxygen atoms in total. The average Bonchev–Trinajstić information content (AvgIpc) is 2.72. The highest BCUT2D eigenvalue weighted by Gasteiger charge is 1.93. The third-order valence-corrected chi connectivity index (χ3v) is 3.91. The first kappa shape index (κ1) is 17.0. The Hall–Kier alpha value is -3.88. The van der Waals surface area contributed by atoms with Gasteiger partial charge in [0.2, 0.25) is 0 Å². The maximum Gasteiger partial charge on any atom is 0.187 e. The predicted octanol–water partition coefficient (Wildman–Crippen LogP) is 6.45. The van der Waals surface area contributed by atoms with Crippen LogP contribution in [-0.2, 0) is 0 Å². The average molecular weight is 332 g/mol. The molecule has 0 unspecified atom stereocenters.